The van der Waals surface area contributed by atoms with E-state index in [0.717, 1.165) is 25.7 Å². The summed E-state index contributed by atoms with van der Waals surface area (Å²) in [5.74, 6) is 0.0288. The minimum Gasteiger partial charge on any atom is -0.349 e. The first-order chi connectivity index (χ1) is 12.0. The van der Waals surface area contributed by atoms with Crippen molar-refractivity contribution in [2.24, 2.45) is 17.6 Å². The van der Waals surface area contributed by atoms with Crippen molar-refractivity contribution >= 4 is 16.8 Å². The minimum absolute atomic E-state index is 0.0870. The molecule has 6 heteroatoms. The number of H-pyrrole nitrogens is 1. The fourth-order valence-corrected chi connectivity index (χ4v) is 4.67. The third-order valence-corrected chi connectivity index (χ3v) is 5.72. The minimum atomic E-state index is -0.436. The summed E-state index contributed by atoms with van der Waals surface area (Å²) in [6, 6.07) is 5.59. The Morgan fingerprint density at radius 1 is 1.20 bits per heavy atom. The van der Waals surface area contributed by atoms with E-state index in [9.17, 15) is 14.0 Å². The Labute approximate surface area is 144 Å². The second kappa shape index (κ2) is 6.26. The molecule has 2 aliphatic carbocycles. The Bertz CT molecular complexity index is 865. The first-order valence-electron chi connectivity index (χ1n) is 8.90. The zero-order valence-corrected chi connectivity index (χ0v) is 13.9. The number of aromatic nitrogens is 1. The summed E-state index contributed by atoms with van der Waals surface area (Å²) in [6.07, 6.45) is 5.16. The zero-order valence-electron chi connectivity index (χ0n) is 13.9. The number of rotatable bonds is 2. The monoisotopic (exact) mass is 343 g/mol. The van der Waals surface area contributed by atoms with E-state index in [-0.39, 0.29) is 29.1 Å². The van der Waals surface area contributed by atoms with Gasteiger partial charge in [-0.05, 0) is 55.7 Å². The molecule has 1 amide bonds. The van der Waals surface area contributed by atoms with Gasteiger partial charge >= 0.3 is 0 Å². The lowest BCUT2D eigenvalue weighted by atomic mass is 9.67. The van der Waals surface area contributed by atoms with Gasteiger partial charge < -0.3 is 16.0 Å². The van der Waals surface area contributed by atoms with Gasteiger partial charge in [0.05, 0.1) is 5.56 Å². The highest BCUT2D eigenvalue weighted by molar-refractivity contribution is 6.06. The van der Waals surface area contributed by atoms with Crippen molar-refractivity contribution in [2.75, 3.05) is 0 Å². The van der Waals surface area contributed by atoms with Gasteiger partial charge in [-0.2, -0.15) is 0 Å². The summed E-state index contributed by atoms with van der Waals surface area (Å²) >= 11 is 0. The average molecular weight is 343 g/mol. The Morgan fingerprint density at radius 2 is 1.92 bits per heavy atom. The molecule has 1 aromatic heterocycles. The molecular weight excluding hydrogens is 321 g/mol. The summed E-state index contributed by atoms with van der Waals surface area (Å²) in [6.45, 7) is 0. The van der Waals surface area contributed by atoms with E-state index in [2.05, 4.69) is 10.3 Å². The molecule has 0 aliphatic heterocycles. The van der Waals surface area contributed by atoms with Crippen LogP contribution in [0, 0.1) is 17.7 Å². The molecule has 132 valence electrons. The van der Waals surface area contributed by atoms with Crippen molar-refractivity contribution in [1.82, 2.24) is 10.3 Å². The van der Waals surface area contributed by atoms with E-state index in [1.807, 2.05) is 0 Å². The number of pyridine rings is 1. The van der Waals surface area contributed by atoms with Gasteiger partial charge in [0.2, 0.25) is 5.56 Å². The van der Waals surface area contributed by atoms with Crippen LogP contribution in [0.4, 0.5) is 4.39 Å². The van der Waals surface area contributed by atoms with Gasteiger partial charge in [-0.3, -0.25) is 9.59 Å². The molecular formula is C19H22FN3O2. The van der Waals surface area contributed by atoms with Crippen LogP contribution < -0.4 is 16.6 Å². The van der Waals surface area contributed by atoms with Crippen molar-refractivity contribution < 1.29 is 9.18 Å². The number of halogens is 1. The van der Waals surface area contributed by atoms with Gasteiger partial charge in [-0.15, -0.1) is 0 Å². The molecule has 4 rings (SSSR count). The maximum absolute atomic E-state index is 13.6. The van der Waals surface area contributed by atoms with E-state index in [4.69, 9.17) is 5.73 Å². The molecule has 0 saturated heterocycles. The first kappa shape index (κ1) is 16.3. The number of fused-ring (bicyclic) bond motifs is 3. The predicted octanol–water partition coefficient (Wildman–Crippen LogP) is 2.30. The molecule has 5 nitrogen and oxygen atoms in total. The maximum atomic E-state index is 13.6. The van der Waals surface area contributed by atoms with Gasteiger partial charge in [-0.1, -0.05) is 6.42 Å². The number of nitrogens with two attached hydrogens (primary N) is 1. The lowest BCUT2D eigenvalue weighted by Crippen LogP contribution is -2.53. The Hall–Kier alpha value is -2.21. The number of aromatic amines is 1. The van der Waals surface area contributed by atoms with Crippen molar-refractivity contribution in [3.63, 3.8) is 0 Å². The highest BCUT2D eigenvalue weighted by Crippen LogP contribution is 2.39. The lowest BCUT2D eigenvalue weighted by Gasteiger charge is -2.45. The summed E-state index contributed by atoms with van der Waals surface area (Å²) in [5.41, 5.74) is 6.47. The second-order valence-corrected chi connectivity index (χ2v) is 7.42. The fourth-order valence-electron chi connectivity index (χ4n) is 4.67. The molecule has 2 atom stereocenters. The molecule has 2 fully saturated rings. The molecule has 4 N–H and O–H groups in total. The lowest BCUT2D eigenvalue weighted by molar-refractivity contribution is 0.0757. The normalized spacial score (nSPS) is 28.7. The van der Waals surface area contributed by atoms with Crippen LogP contribution in [-0.2, 0) is 0 Å². The van der Waals surface area contributed by atoms with Crippen LogP contribution >= 0.6 is 0 Å². The van der Waals surface area contributed by atoms with Gasteiger partial charge in [0.15, 0.2) is 0 Å². The van der Waals surface area contributed by atoms with Crippen molar-refractivity contribution in [3.8, 4) is 0 Å². The predicted molar refractivity (Wildman–Crippen MR) is 93.8 cm³/mol. The highest BCUT2D eigenvalue weighted by Gasteiger charge is 2.40. The first-order valence-corrected chi connectivity index (χ1v) is 8.90. The molecule has 2 aromatic rings. The summed E-state index contributed by atoms with van der Waals surface area (Å²) < 4.78 is 13.6. The molecule has 0 spiro atoms. The number of nitrogens with one attached hydrogen (secondary N) is 2. The van der Waals surface area contributed by atoms with Crippen molar-refractivity contribution in [2.45, 2.75) is 44.2 Å². The zero-order chi connectivity index (χ0) is 17.6. The number of hydrogen-bond acceptors (Lipinski definition) is 3. The average Bonchev–Trinajstić information content (AvgIpc) is 2.55. The van der Waals surface area contributed by atoms with Crippen LogP contribution in [0.2, 0.25) is 0 Å². The molecule has 0 radical (unpaired) electrons. The standard InChI is InChI=1S/C19H22FN3O2/c20-12-4-5-16-14(8-12)15(9-17(24)22-16)19(25)23-18-10-2-1-3-11(18)7-13(21)6-10/h4-5,8-11,13,18H,1-3,6-7,21H2,(H,22,24)(H,23,25). The Kier molecular flexibility index (Phi) is 4.07. The van der Waals surface area contributed by atoms with Gasteiger partial charge in [-0.25, -0.2) is 4.39 Å². The Balaban J connectivity index is 1.66. The topological polar surface area (TPSA) is 88.0 Å². The quantitative estimate of drug-likeness (QED) is 0.782. The van der Waals surface area contributed by atoms with Gasteiger partial charge in [0, 0.05) is 29.1 Å². The van der Waals surface area contributed by atoms with Crippen LogP contribution in [0.3, 0.4) is 0 Å². The number of carbonyl (C=O) groups excluding carboxylic acids is 1. The van der Waals surface area contributed by atoms with Crippen LogP contribution in [0.15, 0.2) is 29.1 Å². The molecule has 1 aromatic carbocycles. The van der Waals surface area contributed by atoms with E-state index in [0.29, 0.717) is 22.7 Å². The number of benzene rings is 1. The van der Waals surface area contributed by atoms with E-state index >= 15 is 0 Å². The van der Waals surface area contributed by atoms with E-state index < -0.39 is 5.82 Å². The van der Waals surface area contributed by atoms with E-state index in [1.165, 1.54) is 30.7 Å². The molecule has 2 saturated carbocycles. The number of amides is 1. The van der Waals surface area contributed by atoms with Gasteiger partial charge in [0.25, 0.3) is 5.91 Å². The smallest absolute Gasteiger partial charge is 0.252 e. The molecule has 1 heterocycles. The van der Waals surface area contributed by atoms with Crippen LogP contribution in [0.5, 0.6) is 0 Å². The van der Waals surface area contributed by atoms with E-state index in [1.54, 1.807) is 0 Å². The fraction of sp³-hybridized carbons (Fsp3) is 0.474. The maximum Gasteiger partial charge on any atom is 0.252 e. The largest absolute Gasteiger partial charge is 0.349 e. The Morgan fingerprint density at radius 3 is 2.64 bits per heavy atom. The second-order valence-electron chi connectivity index (χ2n) is 7.42. The molecule has 2 unspecified atom stereocenters. The van der Waals surface area contributed by atoms with Crippen molar-refractivity contribution in [1.29, 1.82) is 0 Å². The highest BCUT2D eigenvalue weighted by atomic mass is 19.1. The van der Waals surface area contributed by atoms with Gasteiger partial charge in [0.1, 0.15) is 5.82 Å². The summed E-state index contributed by atoms with van der Waals surface area (Å²) in [5, 5.41) is 3.55. The number of hydrogen-bond donors (Lipinski definition) is 3. The number of carbonyl (C=O) groups is 1. The third-order valence-electron chi connectivity index (χ3n) is 5.72. The van der Waals surface area contributed by atoms with Crippen LogP contribution in [0.25, 0.3) is 10.9 Å². The molecule has 2 bridgehead atoms. The molecule has 25 heavy (non-hydrogen) atoms. The SMILES string of the molecule is NC1CC2CCCC(C1)C2NC(=O)c1cc(=O)[nH]c2ccc(F)cc12. The van der Waals surface area contributed by atoms with Crippen molar-refractivity contribution in [3.05, 3.63) is 46.0 Å². The summed E-state index contributed by atoms with van der Waals surface area (Å²) in [4.78, 5) is 27.4. The summed E-state index contributed by atoms with van der Waals surface area (Å²) in [7, 11) is 0. The van der Waals surface area contributed by atoms with Crippen LogP contribution in [0.1, 0.15) is 42.5 Å². The third kappa shape index (κ3) is 3.06. The van der Waals surface area contributed by atoms with Crippen LogP contribution in [-0.4, -0.2) is 23.0 Å². The molecule has 2 aliphatic rings.